The van der Waals surface area contributed by atoms with E-state index in [1.54, 1.807) is 13.2 Å². The van der Waals surface area contributed by atoms with E-state index < -0.39 is 0 Å². The summed E-state index contributed by atoms with van der Waals surface area (Å²) in [5, 5.41) is 12.3. The molecule has 0 aromatic heterocycles. The van der Waals surface area contributed by atoms with Crippen LogP contribution >= 0.6 is 0 Å². The van der Waals surface area contributed by atoms with Gasteiger partial charge in [-0.2, -0.15) is 0 Å². The molecular formula is C15H15NO3. The molecule has 0 amide bonds. The lowest BCUT2D eigenvalue weighted by atomic mass is 10.1. The van der Waals surface area contributed by atoms with Crippen molar-refractivity contribution in [3.63, 3.8) is 0 Å². The SMILES string of the molecule is COc1ccccc1OC/C(=N/O)c1ccccc1. The molecule has 0 aliphatic carbocycles. The minimum absolute atomic E-state index is 0.168. The molecule has 2 rings (SSSR count). The number of ether oxygens (including phenoxy) is 2. The predicted molar refractivity (Wildman–Crippen MR) is 73.3 cm³/mol. The summed E-state index contributed by atoms with van der Waals surface area (Å²) in [5.41, 5.74) is 1.28. The van der Waals surface area contributed by atoms with Crippen molar-refractivity contribution in [2.45, 2.75) is 0 Å². The number of oxime groups is 1. The van der Waals surface area contributed by atoms with Crippen molar-refractivity contribution >= 4 is 5.71 Å². The van der Waals surface area contributed by atoms with Crippen molar-refractivity contribution in [3.05, 3.63) is 60.2 Å². The van der Waals surface area contributed by atoms with Gasteiger partial charge in [-0.1, -0.05) is 47.6 Å². The zero-order valence-electron chi connectivity index (χ0n) is 10.6. The summed E-state index contributed by atoms with van der Waals surface area (Å²) in [6.07, 6.45) is 0. The highest BCUT2D eigenvalue weighted by atomic mass is 16.5. The minimum Gasteiger partial charge on any atom is -0.493 e. The largest absolute Gasteiger partial charge is 0.493 e. The smallest absolute Gasteiger partial charge is 0.161 e. The second-order valence-corrected chi connectivity index (χ2v) is 3.85. The maximum atomic E-state index is 9.06. The van der Waals surface area contributed by atoms with Gasteiger partial charge in [-0.05, 0) is 12.1 Å². The van der Waals surface area contributed by atoms with Gasteiger partial charge in [0.25, 0.3) is 0 Å². The lowest BCUT2D eigenvalue weighted by molar-refractivity contribution is 0.302. The molecule has 1 N–H and O–H groups in total. The molecule has 19 heavy (non-hydrogen) atoms. The minimum atomic E-state index is 0.168. The quantitative estimate of drug-likeness (QED) is 0.509. The third kappa shape index (κ3) is 3.25. The number of methoxy groups -OCH3 is 1. The average molecular weight is 257 g/mol. The number of rotatable bonds is 5. The molecule has 0 aliphatic rings. The van der Waals surface area contributed by atoms with Crippen LogP contribution in [0.4, 0.5) is 0 Å². The fourth-order valence-corrected chi connectivity index (χ4v) is 1.68. The molecule has 0 spiro atoms. The summed E-state index contributed by atoms with van der Waals surface area (Å²) in [6, 6.07) is 16.7. The highest BCUT2D eigenvalue weighted by molar-refractivity contribution is 6.01. The summed E-state index contributed by atoms with van der Waals surface area (Å²) < 4.78 is 10.8. The van der Waals surface area contributed by atoms with Crippen LogP contribution in [0.25, 0.3) is 0 Å². The van der Waals surface area contributed by atoms with Crippen molar-refractivity contribution in [3.8, 4) is 11.5 Å². The summed E-state index contributed by atoms with van der Waals surface area (Å²) in [6.45, 7) is 0.168. The highest BCUT2D eigenvalue weighted by Crippen LogP contribution is 2.25. The molecular weight excluding hydrogens is 242 g/mol. The lowest BCUT2D eigenvalue weighted by Gasteiger charge is -2.11. The molecule has 0 aliphatic heterocycles. The third-order valence-electron chi connectivity index (χ3n) is 2.66. The number of para-hydroxylation sites is 2. The molecule has 0 saturated carbocycles. The summed E-state index contributed by atoms with van der Waals surface area (Å²) in [4.78, 5) is 0. The first kappa shape index (κ1) is 13.0. The number of benzene rings is 2. The first-order valence-corrected chi connectivity index (χ1v) is 5.87. The van der Waals surface area contributed by atoms with E-state index in [1.807, 2.05) is 48.5 Å². The molecule has 4 nitrogen and oxygen atoms in total. The summed E-state index contributed by atoms with van der Waals surface area (Å²) >= 11 is 0. The molecule has 2 aromatic carbocycles. The maximum absolute atomic E-state index is 9.06. The lowest BCUT2D eigenvalue weighted by Crippen LogP contribution is -2.13. The van der Waals surface area contributed by atoms with Crippen LogP contribution in [0.15, 0.2) is 59.8 Å². The van der Waals surface area contributed by atoms with Gasteiger partial charge in [-0.3, -0.25) is 0 Å². The second-order valence-electron chi connectivity index (χ2n) is 3.85. The number of nitrogens with zero attached hydrogens (tertiary/aromatic N) is 1. The topological polar surface area (TPSA) is 51.0 Å². The molecule has 0 unspecified atom stereocenters. The van der Waals surface area contributed by atoms with Crippen LogP contribution < -0.4 is 9.47 Å². The third-order valence-corrected chi connectivity index (χ3v) is 2.66. The van der Waals surface area contributed by atoms with Crippen LogP contribution in [0, 0.1) is 0 Å². The Balaban J connectivity index is 2.09. The van der Waals surface area contributed by atoms with Crippen LogP contribution in [0.3, 0.4) is 0 Å². The Hall–Kier alpha value is -2.49. The van der Waals surface area contributed by atoms with Crippen molar-refractivity contribution in [2.75, 3.05) is 13.7 Å². The molecule has 0 atom stereocenters. The summed E-state index contributed by atoms with van der Waals surface area (Å²) in [5.74, 6) is 1.26. The number of hydrogen-bond donors (Lipinski definition) is 1. The molecule has 0 heterocycles. The number of hydrogen-bond acceptors (Lipinski definition) is 4. The van der Waals surface area contributed by atoms with Crippen LogP contribution in [0.1, 0.15) is 5.56 Å². The molecule has 0 saturated heterocycles. The van der Waals surface area contributed by atoms with Gasteiger partial charge < -0.3 is 14.7 Å². The van der Waals surface area contributed by atoms with Crippen LogP contribution in [0.2, 0.25) is 0 Å². The van der Waals surface area contributed by atoms with E-state index in [2.05, 4.69) is 5.16 Å². The van der Waals surface area contributed by atoms with E-state index in [-0.39, 0.29) is 6.61 Å². The molecule has 0 fully saturated rings. The molecule has 98 valence electrons. The predicted octanol–water partition coefficient (Wildman–Crippen LogP) is 2.95. The zero-order chi connectivity index (χ0) is 13.5. The average Bonchev–Trinajstić information content (AvgIpc) is 2.49. The normalized spacial score (nSPS) is 11.1. The van der Waals surface area contributed by atoms with E-state index in [1.165, 1.54) is 0 Å². The van der Waals surface area contributed by atoms with Crippen LogP contribution in [-0.4, -0.2) is 24.6 Å². The second kappa shape index (κ2) is 6.44. The van der Waals surface area contributed by atoms with Crippen molar-refractivity contribution in [1.82, 2.24) is 0 Å². The van der Waals surface area contributed by atoms with Gasteiger partial charge >= 0.3 is 0 Å². The standard InChI is InChI=1S/C15H15NO3/c1-18-14-9-5-6-10-15(14)19-11-13(16-17)12-7-3-2-4-8-12/h2-10,17H,11H2,1H3/b16-13-. The Kier molecular flexibility index (Phi) is 4.39. The van der Waals surface area contributed by atoms with E-state index in [4.69, 9.17) is 14.7 Å². The van der Waals surface area contributed by atoms with Gasteiger partial charge in [0.1, 0.15) is 12.3 Å². The van der Waals surface area contributed by atoms with Crippen LogP contribution in [-0.2, 0) is 0 Å². The molecule has 2 aromatic rings. The van der Waals surface area contributed by atoms with Gasteiger partial charge in [0.05, 0.1) is 7.11 Å². The zero-order valence-corrected chi connectivity index (χ0v) is 10.6. The Bertz CT molecular complexity index is 552. The first-order chi connectivity index (χ1) is 9.35. The van der Waals surface area contributed by atoms with Gasteiger partial charge in [-0.25, -0.2) is 0 Å². The van der Waals surface area contributed by atoms with Crippen molar-refractivity contribution in [2.24, 2.45) is 5.16 Å². The maximum Gasteiger partial charge on any atom is 0.161 e. The van der Waals surface area contributed by atoms with Crippen molar-refractivity contribution in [1.29, 1.82) is 0 Å². The molecule has 4 heteroatoms. The van der Waals surface area contributed by atoms with E-state index in [9.17, 15) is 0 Å². The molecule has 0 bridgehead atoms. The van der Waals surface area contributed by atoms with Gasteiger partial charge in [-0.15, -0.1) is 0 Å². The Morgan fingerprint density at radius 2 is 1.63 bits per heavy atom. The molecule has 0 radical (unpaired) electrons. The monoisotopic (exact) mass is 257 g/mol. The fraction of sp³-hybridized carbons (Fsp3) is 0.133. The van der Waals surface area contributed by atoms with E-state index >= 15 is 0 Å². The van der Waals surface area contributed by atoms with Gasteiger partial charge in [0, 0.05) is 5.56 Å². The Labute approximate surface area is 111 Å². The highest BCUT2D eigenvalue weighted by Gasteiger charge is 2.07. The Morgan fingerprint density at radius 3 is 2.26 bits per heavy atom. The van der Waals surface area contributed by atoms with Crippen LogP contribution in [0.5, 0.6) is 11.5 Å². The van der Waals surface area contributed by atoms with Gasteiger partial charge in [0.2, 0.25) is 0 Å². The van der Waals surface area contributed by atoms with Crippen molar-refractivity contribution < 1.29 is 14.7 Å². The fourth-order valence-electron chi connectivity index (χ4n) is 1.68. The summed E-state index contributed by atoms with van der Waals surface area (Å²) in [7, 11) is 1.58. The van der Waals surface area contributed by atoms with E-state index in [0.717, 1.165) is 5.56 Å². The Morgan fingerprint density at radius 1 is 1.00 bits per heavy atom. The van der Waals surface area contributed by atoms with E-state index in [0.29, 0.717) is 17.2 Å². The first-order valence-electron chi connectivity index (χ1n) is 5.87. The van der Waals surface area contributed by atoms with Gasteiger partial charge in [0.15, 0.2) is 11.5 Å².